The van der Waals surface area contributed by atoms with Gasteiger partial charge in [-0.15, -0.1) is 0 Å². The van der Waals surface area contributed by atoms with Gasteiger partial charge >= 0.3 is 0 Å². The lowest BCUT2D eigenvalue weighted by molar-refractivity contribution is 0.106. The standard InChI is InChI=1S/C22H27N5S/c1-25-9-4-5-18(15-25)26-10-12-27(13-11-26)22-19-6-2-3-7-20(19)23-21(24-22)17-8-14-28-16-17/h2-3,6-8,14,16,18H,4-5,9-13,15H2,1H3. The summed E-state index contributed by atoms with van der Waals surface area (Å²) in [6, 6.07) is 11.2. The predicted molar refractivity (Wildman–Crippen MR) is 117 cm³/mol. The number of para-hydroxylation sites is 1. The molecular formula is C22H27N5S. The second-order valence-corrected chi connectivity index (χ2v) is 8.76. The molecule has 146 valence electrons. The highest BCUT2D eigenvalue weighted by molar-refractivity contribution is 7.08. The number of piperazine rings is 1. The molecule has 2 saturated heterocycles. The summed E-state index contributed by atoms with van der Waals surface area (Å²) in [5.41, 5.74) is 2.14. The number of piperidine rings is 1. The van der Waals surface area contributed by atoms with Crippen LogP contribution in [-0.2, 0) is 0 Å². The number of aromatic nitrogens is 2. The number of benzene rings is 1. The number of rotatable bonds is 3. The summed E-state index contributed by atoms with van der Waals surface area (Å²) in [6.45, 7) is 6.75. The predicted octanol–water partition coefficient (Wildman–Crippen LogP) is 3.57. The fourth-order valence-electron chi connectivity index (χ4n) is 4.56. The van der Waals surface area contributed by atoms with Gasteiger partial charge in [0.25, 0.3) is 0 Å². The van der Waals surface area contributed by atoms with Crippen molar-refractivity contribution in [1.29, 1.82) is 0 Å². The van der Waals surface area contributed by atoms with Crippen molar-refractivity contribution in [3.05, 3.63) is 41.1 Å². The summed E-state index contributed by atoms with van der Waals surface area (Å²) in [5, 5.41) is 5.38. The van der Waals surface area contributed by atoms with E-state index in [1.54, 1.807) is 11.3 Å². The van der Waals surface area contributed by atoms with Crippen LogP contribution in [0, 0.1) is 0 Å². The lowest BCUT2D eigenvalue weighted by atomic mass is 10.0. The van der Waals surface area contributed by atoms with Crippen molar-refractivity contribution in [2.45, 2.75) is 18.9 Å². The van der Waals surface area contributed by atoms with Crippen LogP contribution in [0.2, 0.25) is 0 Å². The molecule has 1 aromatic carbocycles. The van der Waals surface area contributed by atoms with Gasteiger partial charge in [0.15, 0.2) is 5.82 Å². The van der Waals surface area contributed by atoms with Gasteiger partial charge in [-0.3, -0.25) is 4.90 Å². The van der Waals surface area contributed by atoms with Gasteiger partial charge in [-0.05, 0) is 50.0 Å². The number of thiophene rings is 1. The first kappa shape index (κ1) is 18.0. The smallest absolute Gasteiger partial charge is 0.162 e. The first-order valence-corrected chi connectivity index (χ1v) is 11.2. The largest absolute Gasteiger partial charge is 0.353 e. The molecule has 0 bridgehead atoms. The highest BCUT2D eigenvalue weighted by Gasteiger charge is 2.28. The molecule has 0 aliphatic carbocycles. The summed E-state index contributed by atoms with van der Waals surface area (Å²) in [4.78, 5) is 17.5. The Morgan fingerprint density at radius 1 is 1.00 bits per heavy atom. The number of nitrogens with zero attached hydrogens (tertiary/aromatic N) is 5. The van der Waals surface area contributed by atoms with Crippen LogP contribution >= 0.6 is 11.3 Å². The van der Waals surface area contributed by atoms with E-state index in [0.29, 0.717) is 6.04 Å². The maximum Gasteiger partial charge on any atom is 0.162 e. The number of likely N-dealkylation sites (tertiary alicyclic amines) is 1. The summed E-state index contributed by atoms with van der Waals surface area (Å²) >= 11 is 1.69. The van der Waals surface area contributed by atoms with Gasteiger partial charge in [0.1, 0.15) is 5.82 Å². The normalized spacial score (nSPS) is 22.0. The van der Waals surface area contributed by atoms with Crippen LogP contribution < -0.4 is 4.90 Å². The molecule has 6 heteroatoms. The van der Waals surface area contributed by atoms with E-state index in [4.69, 9.17) is 9.97 Å². The third-order valence-corrected chi connectivity index (χ3v) is 6.78. The Kier molecular flexibility index (Phi) is 5.01. The average molecular weight is 394 g/mol. The molecular weight excluding hydrogens is 366 g/mol. The minimum Gasteiger partial charge on any atom is -0.353 e. The molecule has 0 amide bonds. The maximum absolute atomic E-state index is 5.01. The molecule has 28 heavy (non-hydrogen) atoms. The van der Waals surface area contributed by atoms with Crippen molar-refractivity contribution >= 4 is 28.1 Å². The molecule has 1 atom stereocenters. The molecule has 2 aromatic heterocycles. The Hall–Kier alpha value is -2.02. The number of hydrogen-bond donors (Lipinski definition) is 0. The molecule has 2 fully saturated rings. The Balaban J connectivity index is 1.40. The van der Waals surface area contributed by atoms with E-state index in [1.165, 1.54) is 25.9 Å². The first-order chi connectivity index (χ1) is 13.8. The van der Waals surface area contributed by atoms with Crippen LogP contribution in [0.5, 0.6) is 0 Å². The zero-order valence-electron chi connectivity index (χ0n) is 16.4. The fraction of sp³-hybridized carbons (Fsp3) is 0.455. The molecule has 0 radical (unpaired) electrons. The molecule has 5 rings (SSSR count). The van der Waals surface area contributed by atoms with E-state index >= 15 is 0 Å². The van der Waals surface area contributed by atoms with Crippen molar-refractivity contribution in [2.75, 3.05) is 51.2 Å². The lowest BCUT2D eigenvalue weighted by Crippen LogP contribution is -2.54. The Bertz CT molecular complexity index is 933. The van der Waals surface area contributed by atoms with Crippen LogP contribution in [0.15, 0.2) is 41.1 Å². The second kappa shape index (κ2) is 7.78. The number of anilines is 1. The van der Waals surface area contributed by atoms with Crippen LogP contribution in [-0.4, -0.2) is 72.1 Å². The molecule has 1 unspecified atom stereocenters. The van der Waals surface area contributed by atoms with Gasteiger partial charge in [-0.2, -0.15) is 11.3 Å². The topological polar surface area (TPSA) is 35.5 Å². The zero-order chi connectivity index (χ0) is 18.9. The molecule has 4 heterocycles. The average Bonchev–Trinajstić information content (AvgIpc) is 3.28. The van der Waals surface area contributed by atoms with Gasteiger partial charge in [-0.25, -0.2) is 9.97 Å². The van der Waals surface area contributed by atoms with Crippen LogP contribution in [0.25, 0.3) is 22.3 Å². The fourth-order valence-corrected chi connectivity index (χ4v) is 5.19. The summed E-state index contributed by atoms with van der Waals surface area (Å²) in [7, 11) is 2.25. The summed E-state index contributed by atoms with van der Waals surface area (Å²) in [6.07, 6.45) is 2.66. The van der Waals surface area contributed by atoms with E-state index in [1.807, 2.05) is 0 Å². The van der Waals surface area contributed by atoms with Crippen LogP contribution in [0.4, 0.5) is 5.82 Å². The molecule has 3 aromatic rings. The van der Waals surface area contributed by atoms with Crippen molar-refractivity contribution in [1.82, 2.24) is 19.8 Å². The number of fused-ring (bicyclic) bond motifs is 1. The van der Waals surface area contributed by atoms with Crippen molar-refractivity contribution < 1.29 is 0 Å². The Labute approximate surface area is 170 Å². The lowest BCUT2D eigenvalue weighted by Gasteiger charge is -2.43. The van der Waals surface area contributed by atoms with Crippen LogP contribution in [0.3, 0.4) is 0 Å². The van der Waals surface area contributed by atoms with Crippen molar-refractivity contribution in [3.8, 4) is 11.4 Å². The van der Waals surface area contributed by atoms with Crippen molar-refractivity contribution in [2.24, 2.45) is 0 Å². The van der Waals surface area contributed by atoms with Crippen LogP contribution in [0.1, 0.15) is 12.8 Å². The quantitative estimate of drug-likeness (QED) is 0.680. The van der Waals surface area contributed by atoms with Gasteiger partial charge in [0.05, 0.1) is 5.52 Å². The van der Waals surface area contributed by atoms with E-state index in [-0.39, 0.29) is 0 Å². The van der Waals surface area contributed by atoms with Crippen molar-refractivity contribution in [3.63, 3.8) is 0 Å². The monoisotopic (exact) mass is 393 g/mol. The van der Waals surface area contributed by atoms with E-state index in [9.17, 15) is 0 Å². The second-order valence-electron chi connectivity index (χ2n) is 7.98. The van der Waals surface area contributed by atoms with Gasteiger partial charge < -0.3 is 9.80 Å². The SMILES string of the molecule is CN1CCCC(N2CCN(c3nc(-c4ccsc4)nc4ccccc34)CC2)C1. The van der Waals surface area contributed by atoms with E-state index in [2.05, 4.69) is 62.8 Å². The third kappa shape index (κ3) is 3.52. The minimum absolute atomic E-state index is 0.712. The molecule has 0 saturated carbocycles. The zero-order valence-corrected chi connectivity index (χ0v) is 17.2. The van der Waals surface area contributed by atoms with E-state index < -0.39 is 0 Å². The Morgan fingerprint density at radius 2 is 1.86 bits per heavy atom. The number of hydrogen-bond acceptors (Lipinski definition) is 6. The first-order valence-electron chi connectivity index (χ1n) is 10.2. The molecule has 5 nitrogen and oxygen atoms in total. The maximum atomic E-state index is 5.01. The van der Waals surface area contributed by atoms with Gasteiger partial charge in [-0.1, -0.05) is 12.1 Å². The third-order valence-electron chi connectivity index (χ3n) is 6.09. The Morgan fingerprint density at radius 3 is 2.64 bits per heavy atom. The molecule has 2 aliphatic rings. The van der Waals surface area contributed by atoms with E-state index in [0.717, 1.165) is 54.3 Å². The molecule has 2 aliphatic heterocycles. The minimum atomic E-state index is 0.712. The van der Waals surface area contributed by atoms with Gasteiger partial charge in [0.2, 0.25) is 0 Å². The summed E-state index contributed by atoms with van der Waals surface area (Å²) < 4.78 is 0. The van der Waals surface area contributed by atoms with Gasteiger partial charge in [0, 0.05) is 55.1 Å². The molecule has 0 N–H and O–H groups in total. The number of likely N-dealkylation sites (N-methyl/N-ethyl adjacent to an activating group) is 1. The highest BCUT2D eigenvalue weighted by Crippen LogP contribution is 2.29. The highest BCUT2D eigenvalue weighted by atomic mass is 32.1. The molecule has 0 spiro atoms. The summed E-state index contributed by atoms with van der Waals surface area (Å²) in [5.74, 6) is 1.93.